The van der Waals surface area contributed by atoms with Crippen LogP contribution in [0.3, 0.4) is 0 Å². The van der Waals surface area contributed by atoms with E-state index in [0.717, 1.165) is 42.3 Å². The molecule has 28 heavy (non-hydrogen) atoms. The highest BCUT2D eigenvalue weighted by Gasteiger charge is 2.21. The van der Waals surface area contributed by atoms with E-state index < -0.39 is 0 Å². The molecule has 1 heterocycles. The second-order valence-electron chi connectivity index (χ2n) is 7.49. The Bertz CT molecular complexity index is 802. The summed E-state index contributed by atoms with van der Waals surface area (Å²) in [5.74, 6) is 1.74. The lowest BCUT2D eigenvalue weighted by atomic mass is 10.1. The molecule has 0 spiro atoms. The van der Waals surface area contributed by atoms with E-state index in [1.165, 1.54) is 5.56 Å². The second kappa shape index (κ2) is 9.11. The fourth-order valence-corrected chi connectivity index (χ4v) is 3.43. The van der Waals surface area contributed by atoms with E-state index in [-0.39, 0.29) is 18.1 Å². The molecule has 0 aromatic heterocycles. The fourth-order valence-electron chi connectivity index (χ4n) is 3.43. The number of carbonyl (C=O) groups is 1. The highest BCUT2D eigenvalue weighted by molar-refractivity contribution is 5.95. The van der Waals surface area contributed by atoms with Gasteiger partial charge >= 0.3 is 0 Å². The van der Waals surface area contributed by atoms with Crippen molar-refractivity contribution in [1.82, 2.24) is 5.32 Å². The maximum atomic E-state index is 11.9. The molecule has 1 aliphatic heterocycles. The van der Waals surface area contributed by atoms with E-state index in [1.807, 2.05) is 43.0 Å². The molecule has 0 radical (unpaired) electrons. The Morgan fingerprint density at radius 1 is 1.07 bits per heavy atom. The smallest absolute Gasteiger partial charge is 0.227 e. The topological polar surface area (TPSA) is 50.8 Å². The lowest BCUT2D eigenvalue weighted by Crippen LogP contribution is -2.23. The molecule has 1 atom stereocenters. The molecule has 1 amide bonds. The van der Waals surface area contributed by atoms with Gasteiger partial charge in [-0.25, -0.2) is 0 Å². The van der Waals surface area contributed by atoms with Gasteiger partial charge < -0.3 is 19.7 Å². The molecule has 0 aliphatic carbocycles. The summed E-state index contributed by atoms with van der Waals surface area (Å²) < 4.78 is 11.2. The molecular weight excluding hydrogens is 352 g/mol. The molecule has 5 heteroatoms. The molecule has 1 N–H and O–H groups in total. The Labute approximate surface area is 167 Å². The fraction of sp³-hybridized carbons (Fsp3) is 0.435. The number of carbonyl (C=O) groups excluding carboxylic acids is 1. The summed E-state index contributed by atoms with van der Waals surface area (Å²) in [6.45, 7) is 7.70. The summed E-state index contributed by atoms with van der Waals surface area (Å²) in [4.78, 5) is 13.8. The minimum absolute atomic E-state index is 0.108. The average molecular weight is 383 g/mol. The van der Waals surface area contributed by atoms with E-state index in [4.69, 9.17) is 9.47 Å². The van der Waals surface area contributed by atoms with Crippen LogP contribution in [0.4, 0.5) is 5.69 Å². The van der Waals surface area contributed by atoms with Crippen LogP contribution in [0.25, 0.3) is 0 Å². The van der Waals surface area contributed by atoms with Crippen molar-refractivity contribution in [2.24, 2.45) is 0 Å². The van der Waals surface area contributed by atoms with Crippen molar-refractivity contribution in [1.29, 1.82) is 0 Å². The summed E-state index contributed by atoms with van der Waals surface area (Å²) >= 11 is 0. The molecule has 1 saturated heterocycles. The third kappa shape index (κ3) is 4.84. The third-order valence-corrected chi connectivity index (χ3v) is 4.98. The number of rotatable bonds is 8. The number of hydrogen-bond donors (Lipinski definition) is 1. The van der Waals surface area contributed by atoms with Crippen LogP contribution in [0.15, 0.2) is 42.5 Å². The number of anilines is 1. The number of ether oxygens (including phenoxy) is 2. The van der Waals surface area contributed by atoms with E-state index >= 15 is 0 Å². The molecule has 2 aromatic carbocycles. The summed E-state index contributed by atoms with van der Waals surface area (Å²) in [6.07, 6.45) is 1.71. The van der Waals surface area contributed by atoms with Gasteiger partial charge in [-0.15, -0.1) is 0 Å². The van der Waals surface area contributed by atoms with Crippen molar-refractivity contribution in [2.45, 2.75) is 52.3 Å². The number of hydrogen-bond acceptors (Lipinski definition) is 4. The summed E-state index contributed by atoms with van der Waals surface area (Å²) in [5, 5.41) is 3.55. The van der Waals surface area contributed by atoms with Crippen molar-refractivity contribution in [3.8, 4) is 11.5 Å². The molecule has 1 unspecified atom stereocenters. The lowest BCUT2D eigenvalue weighted by molar-refractivity contribution is -0.117. The Kier molecular flexibility index (Phi) is 6.57. The van der Waals surface area contributed by atoms with Gasteiger partial charge in [0.15, 0.2) is 11.5 Å². The zero-order valence-electron chi connectivity index (χ0n) is 17.2. The number of nitrogens with zero attached hydrogens (tertiary/aromatic N) is 1. The number of amides is 1. The van der Waals surface area contributed by atoms with Crippen molar-refractivity contribution in [3.63, 3.8) is 0 Å². The monoisotopic (exact) mass is 382 g/mol. The van der Waals surface area contributed by atoms with Crippen molar-refractivity contribution < 1.29 is 14.3 Å². The van der Waals surface area contributed by atoms with Crippen LogP contribution in [0, 0.1) is 0 Å². The number of benzene rings is 2. The molecule has 1 fully saturated rings. The van der Waals surface area contributed by atoms with E-state index in [1.54, 1.807) is 7.11 Å². The first-order chi connectivity index (χ1) is 13.5. The van der Waals surface area contributed by atoms with Gasteiger partial charge in [0.25, 0.3) is 0 Å². The average Bonchev–Trinajstić information content (AvgIpc) is 3.12. The third-order valence-electron chi connectivity index (χ3n) is 4.98. The van der Waals surface area contributed by atoms with Crippen molar-refractivity contribution in [2.75, 3.05) is 18.6 Å². The predicted molar refractivity (Wildman–Crippen MR) is 112 cm³/mol. The second-order valence-corrected chi connectivity index (χ2v) is 7.49. The summed E-state index contributed by atoms with van der Waals surface area (Å²) in [6, 6.07) is 14.5. The summed E-state index contributed by atoms with van der Waals surface area (Å²) in [7, 11) is 1.66. The van der Waals surface area contributed by atoms with Crippen LogP contribution in [-0.4, -0.2) is 25.7 Å². The highest BCUT2D eigenvalue weighted by atomic mass is 16.5. The first-order valence-electron chi connectivity index (χ1n) is 9.95. The van der Waals surface area contributed by atoms with Gasteiger partial charge in [0.1, 0.15) is 0 Å². The van der Waals surface area contributed by atoms with Crippen LogP contribution in [0.5, 0.6) is 11.5 Å². The molecule has 150 valence electrons. The minimum Gasteiger partial charge on any atom is -0.493 e. The van der Waals surface area contributed by atoms with Gasteiger partial charge in [-0.2, -0.15) is 0 Å². The van der Waals surface area contributed by atoms with Crippen LogP contribution < -0.4 is 19.7 Å². The summed E-state index contributed by atoms with van der Waals surface area (Å²) in [5.41, 5.74) is 3.32. The normalized spacial score (nSPS) is 15.2. The molecule has 1 aliphatic rings. The Morgan fingerprint density at radius 2 is 1.82 bits per heavy atom. The Morgan fingerprint density at radius 3 is 2.43 bits per heavy atom. The van der Waals surface area contributed by atoms with Crippen molar-refractivity contribution in [3.05, 3.63) is 53.6 Å². The largest absolute Gasteiger partial charge is 0.493 e. The van der Waals surface area contributed by atoms with E-state index in [9.17, 15) is 4.79 Å². The molecule has 2 aromatic rings. The quantitative estimate of drug-likeness (QED) is 0.732. The lowest BCUT2D eigenvalue weighted by Gasteiger charge is -2.19. The van der Waals surface area contributed by atoms with Gasteiger partial charge in [-0.3, -0.25) is 4.79 Å². The SMILES string of the molecule is COc1cc(CNC(C)c2ccc(N3CCCC3=O)cc2)ccc1OC(C)C. The first-order valence-corrected chi connectivity index (χ1v) is 9.95. The Balaban J connectivity index is 1.60. The molecule has 3 rings (SSSR count). The highest BCUT2D eigenvalue weighted by Crippen LogP contribution is 2.29. The minimum atomic E-state index is 0.108. The zero-order valence-corrected chi connectivity index (χ0v) is 17.2. The predicted octanol–water partition coefficient (Wildman–Crippen LogP) is 4.46. The molecule has 0 bridgehead atoms. The number of methoxy groups -OCH3 is 1. The first kappa shape index (κ1) is 20.2. The van der Waals surface area contributed by atoms with Gasteiger partial charge in [0.05, 0.1) is 13.2 Å². The van der Waals surface area contributed by atoms with Gasteiger partial charge in [0.2, 0.25) is 5.91 Å². The molecular formula is C23H30N2O3. The zero-order chi connectivity index (χ0) is 20.1. The van der Waals surface area contributed by atoms with Crippen LogP contribution >= 0.6 is 0 Å². The van der Waals surface area contributed by atoms with E-state index in [2.05, 4.69) is 30.4 Å². The van der Waals surface area contributed by atoms with Crippen molar-refractivity contribution >= 4 is 11.6 Å². The maximum absolute atomic E-state index is 11.9. The molecule has 0 saturated carbocycles. The van der Waals surface area contributed by atoms with Gasteiger partial charge in [-0.05, 0) is 62.6 Å². The standard InChI is InChI=1S/C23H30N2O3/c1-16(2)28-21-12-7-18(14-22(21)27-4)15-24-17(3)19-8-10-20(11-9-19)25-13-5-6-23(25)26/h7-12,14,16-17,24H,5-6,13,15H2,1-4H3. The number of nitrogens with one attached hydrogen (secondary N) is 1. The van der Waals surface area contributed by atoms with Crippen LogP contribution in [0.2, 0.25) is 0 Å². The maximum Gasteiger partial charge on any atom is 0.227 e. The Hall–Kier alpha value is -2.53. The molecule has 5 nitrogen and oxygen atoms in total. The van der Waals surface area contributed by atoms with Crippen LogP contribution in [-0.2, 0) is 11.3 Å². The van der Waals surface area contributed by atoms with E-state index in [0.29, 0.717) is 6.42 Å². The van der Waals surface area contributed by atoms with Gasteiger partial charge in [0, 0.05) is 31.2 Å². The van der Waals surface area contributed by atoms with Crippen LogP contribution in [0.1, 0.15) is 50.8 Å². The van der Waals surface area contributed by atoms with Gasteiger partial charge in [-0.1, -0.05) is 18.2 Å².